The predicted molar refractivity (Wildman–Crippen MR) is 106 cm³/mol. The number of carbonyl (C=O) groups excluding carboxylic acids is 1. The zero-order valence-electron chi connectivity index (χ0n) is 17.0. The van der Waals surface area contributed by atoms with E-state index >= 15 is 0 Å². The van der Waals surface area contributed by atoms with E-state index in [1.807, 2.05) is 43.9 Å². The van der Waals surface area contributed by atoms with Gasteiger partial charge in [-0.05, 0) is 52.8 Å². The molecule has 1 heterocycles. The van der Waals surface area contributed by atoms with Gasteiger partial charge in [0.15, 0.2) is 0 Å². The molecule has 1 radical (unpaired) electrons. The zero-order valence-corrected chi connectivity index (χ0v) is 17.0. The first-order valence-electron chi connectivity index (χ1n) is 9.41. The number of benzene rings is 1. The van der Waals surface area contributed by atoms with Gasteiger partial charge in [-0.15, -0.1) is 0 Å². The maximum Gasteiger partial charge on any atom is 0.330 e. The number of hydrogen-bond donors (Lipinski definition) is 1. The number of hydrogen-bond acceptors (Lipinski definition) is 4. The Hall–Kier alpha value is -1.37. The van der Waals surface area contributed by atoms with Gasteiger partial charge in [-0.1, -0.05) is 24.5 Å². The fourth-order valence-electron chi connectivity index (χ4n) is 2.80. The SMILES string of the molecule is CCN1CCN(C(=O)c2ccc([B]OC(C)(C)C(C)(C)O)cc2C)CC1. The van der Waals surface area contributed by atoms with Crippen LogP contribution >= 0.6 is 0 Å². The van der Waals surface area contributed by atoms with E-state index in [1.165, 1.54) is 0 Å². The summed E-state index contributed by atoms with van der Waals surface area (Å²) in [7, 11) is 1.65. The van der Waals surface area contributed by atoms with E-state index < -0.39 is 11.2 Å². The van der Waals surface area contributed by atoms with Gasteiger partial charge in [0.05, 0.1) is 11.2 Å². The fourth-order valence-corrected chi connectivity index (χ4v) is 2.80. The van der Waals surface area contributed by atoms with Crippen LogP contribution in [-0.2, 0) is 4.65 Å². The second-order valence-electron chi connectivity index (χ2n) is 8.11. The molecule has 0 atom stereocenters. The first-order valence-corrected chi connectivity index (χ1v) is 9.41. The van der Waals surface area contributed by atoms with E-state index in [-0.39, 0.29) is 5.91 Å². The van der Waals surface area contributed by atoms with Crippen molar-refractivity contribution in [1.82, 2.24) is 9.80 Å². The Bertz CT molecular complexity index is 632. The number of likely N-dealkylation sites (N-methyl/N-ethyl adjacent to an activating group) is 1. The molecule has 2 rings (SSSR count). The highest BCUT2D eigenvalue weighted by Gasteiger charge is 2.35. The zero-order chi connectivity index (χ0) is 19.5. The predicted octanol–water partition coefficient (Wildman–Crippen LogP) is 1.58. The summed E-state index contributed by atoms with van der Waals surface area (Å²) in [6.07, 6.45) is 0. The third-order valence-corrected chi connectivity index (χ3v) is 5.55. The topological polar surface area (TPSA) is 53.0 Å². The number of amides is 1. The molecule has 1 saturated heterocycles. The molecule has 0 aliphatic carbocycles. The molecule has 26 heavy (non-hydrogen) atoms. The molecule has 6 heteroatoms. The summed E-state index contributed by atoms with van der Waals surface area (Å²) < 4.78 is 5.80. The Morgan fingerprint density at radius 3 is 2.31 bits per heavy atom. The van der Waals surface area contributed by atoms with Gasteiger partial charge >= 0.3 is 7.48 Å². The van der Waals surface area contributed by atoms with Crippen molar-refractivity contribution in [2.75, 3.05) is 32.7 Å². The summed E-state index contributed by atoms with van der Waals surface area (Å²) in [6, 6.07) is 5.72. The lowest BCUT2D eigenvalue weighted by molar-refractivity contribution is -0.0893. The molecule has 1 fully saturated rings. The summed E-state index contributed by atoms with van der Waals surface area (Å²) in [5.74, 6) is 0.0996. The molecule has 1 amide bonds. The van der Waals surface area contributed by atoms with Gasteiger partial charge in [0.25, 0.3) is 5.91 Å². The van der Waals surface area contributed by atoms with Crippen molar-refractivity contribution in [2.24, 2.45) is 0 Å². The van der Waals surface area contributed by atoms with E-state index in [0.717, 1.165) is 49.3 Å². The second-order valence-corrected chi connectivity index (χ2v) is 8.11. The van der Waals surface area contributed by atoms with Gasteiger partial charge < -0.3 is 19.6 Å². The minimum atomic E-state index is -0.963. The van der Waals surface area contributed by atoms with Crippen molar-refractivity contribution in [3.05, 3.63) is 29.3 Å². The summed E-state index contributed by atoms with van der Waals surface area (Å²) in [5, 5.41) is 10.2. The molecule has 5 nitrogen and oxygen atoms in total. The molecule has 1 aromatic rings. The highest BCUT2D eigenvalue weighted by Crippen LogP contribution is 2.24. The Morgan fingerprint density at radius 2 is 1.81 bits per heavy atom. The van der Waals surface area contributed by atoms with Crippen LogP contribution in [0, 0.1) is 6.92 Å². The van der Waals surface area contributed by atoms with Crippen molar-refractivity contribution >= 4 is 18.9 Å². The van der Waals surface area contributed by atoms with Gasteiger partial charge in [-0.3, -0.25) is 4.79 Å². The average Bonchev–Trinajstić information content (AvgIpc) is 2.58. The van der Waals surface area contributed by atoms with Crippen LogP contribution in [0.1, 0.15) is 50.5 Å². The molecule has 0 bridgehead atoms. The lowest BCUT2D eigenvalue weighted by atomic mass is 9.81. The van der Waals surface area contributed by atoms with Crippen molar-refractivity contribution < 1.29 is 14.6 Å². The normalized spacial score (nSPS) is 16.7. The lowest BCUT2D eigenvalue weighted by Crippen LogP contribution is -2.49. The Morgan fingerprint density at radius 1 is 1.19 bits per heavy atom. The van der Waals surface area contributed by atoms with Crippen molar-refractivity contribution in [3.63, 3.8) is 0 Å². The van der Waals surface area contributed by atoms with E-state index in [4.69, 9.17) is 4.65 Å². The van der Waals surface area contributed by atoms with Crippen LogP contribution in [0.3, 0.4) is 0 Å². The Labute approximate surface area is 158 Å². The molecule has 1 aromatic carbocycles. The van der Waals surface area contributed by atoms with E-state index in [2.05, 4.69) is 11.8 Å². The summed E-state index contributed by atoms with van der Waals surface area (Å²) in [4.78, 5) is 17.1. The highest BCUT2D eigenvalue weighted by molar-refractivity contribution is 6.47. The van der Waals surface area contributed by atoms with Gasteiger partial charge in [-0.2, -0.15) is 0 Å². The minimum Gasteiger partial charge on any atom is -0.427 e. The minimum absolute atomic E-state index is 0.0996. The number of carbonyl (C=O) groups is 1. The van der Waals surface area contributed by atoms with Crippen LogP contribution in [0.5, 0.6) is 0 Å². The van der Waals surface area contributed by atoms with Crippen molar-refractivity contribution in [3.8, 4) is 0 Å². The molecule has 1 aliphatic rings. The van der Waals surface area contributed by atoms with E-state index in [1.54, 1.807) is 21.3 Å². The standard InChI is InChI=1S/C20H32BN2O3/c1-7-22-10-12-23(13-11-22)18(24)17-9-8-16(14-15(17)2)21-26-20(5,6)19(3,4)25/h8-9,14,25H,7,10-13H2,1-6H3. The molecule has 1 N–H and O–H groups in total. The molecule has 0 unspecified atom stereocenters. The van der Waals surface area contributed by atoms with Crippen LogP contribution in [-0.4, -0.2) is 72.2 Å². The van der Waals surface area contributed by atoms with Gasteiger partial charge in [0.1, 0.15) is 0 Å². The molecule has 0 saturated carbocycles. The molecular formula is C20H32BN2O3. The molecule has 1 aliphatic heterocycles. The van der Waals surface area contributed by atoms with E-state index in [0.29, 0.717) is 0 Å². The molecular weight excluding hydrogens is 327 g/mol. The van der Waals surface area contributed by atoms with Crippen LogP contribution < -0.4 is 5.46 Å². The fraction of sp³-hybridized carbons (Fsp3) is 0.650. The quantitative estimate of drug-likeness (QED) is 0.784. The van der Waals surface area contributed by atoms with Crippen LogP contribution in [0.4, 0.5) is 0 Å². The van der Waals surface area contributed by atoms with Gasteiger partial charge in [-0.25, -0.2) is 0 Å². The second kappa shape index (κ2) is 8.11. The number of piperazine rings is 1. The number of rotatable bonds is 6. The third kappa shape index (κ3) is 4.87. The highest BCUT2D eigenvalue weighted by atomic mass is 16.5. The largest absolute Gasteiger partial charge is 0.427 e. The van der Waals surface area contributed by atoms with Gasteiger partial charge in [0, 0.05) is 31.7 Å². The molecule has 0 aromatic heterocycles. The number of aryl methyl sites for hydroxylation is 1. The maximum atomic E-state index is 12.8. The van der Waals surface area contributed by atoms with E-state index in [9.17, 15) is 9.90 Å². The summed E-state index contributed by atoms with van der Waals surface area (Å²) in [6.45, 7) is 15.7. The van der Waals surface area contributed by atoms with Gasteiger partial charge in [0.2, 0.25) is 0 Å². The number of aliphatic hydroxyl groups is 1. The summed E-state index contributed by atoms with van der Waals surface area (Å²) in [5.41, 5.74) is 0.885. The van der Waals surface area contributed by atoms with Crippen LogP contribution in [0.2, 0.25) is 0 Å². The Balaban J connectivity index is 2.02. The lowest BCUT2D eigenvalue weighted by Gasteiger charge is -2.37. The summed E-state index contributed by atoms with van der Waals surface area (Å²) >= 11 is 0. The maximum absolute atomic E-state index is 12.8. The molecule has 143 valence electrons. The first kappa shape index (κ1) is 20.9. The molecule has 0 spiro atoms. The third-order valence-electron chi connectivity index (χ3n) is 5.55. The average molecular weight is 359 g/mol. The number of nitrogens with zero attached hydrogens (tertiary/aromatic N) is 2. The monoisotopic (exact) mass is 359 g/mol. The van der Waals surface area contributed by atoms with Crippen LogP contribution in [0.25, 0.3) is 0 Å². The first-order chi connectivity index (χ1) is 12.0. The van der Waals surface area contributed by atoms with Crippen molar-refractivity contribution in [1.29, 1.82) is 0 Å². The smallest absolute Gasteiger partial charge is 0.330 e. The Kier molecular flexibility index (Phi) is 6.53. The van der Waals surface area contributed by atoms with Crippen LogP contribution in [0.15, 0.2) is 18.2 Å². The van der Waals surface area contributed by atoms with Crippen molar-refractivity contribution in [2.45, 2.75) is 52.7 Å².